The van der Waals surface area contributed by atoms with E-state index < -0.39 is 0 Å². The van der Waals surface area contributed by atoms with Gasteiger partial charge in [-0.25, -0.2) is 5.48 Å². The maximum absolute atomic E-state index is 10.8. The standard InChI is InChI=1S/C10H20N2O2/c1-2-10(13)11-14-9-8-12-6-4-3-5-7-12/h2-9H2,1H3,(H,11,13). The Kier molecular flexibility index (Phi) is 5.56. The van der Waals surface area contributed by atoms with Gasteiger partial charge in [-0.15, -0.1) is 0 Å². The molecule has 1 aliphatic heterocycles. The predicted molar refractivity (Wildman–Crippen MR) is 54.7 cm³/mol. The summed E-state index contributed by atoms with van der Waals surface area (Å²) in [4.78, 5) is 18.2. The molecule has 0 unspecified atom stereocenters. The lowest BCUT2D eigenvalue weighted by Gasteiger charge is -2.25. The van der Waals surface area contributed by atoms with Crippen LogP contribution in [0.4, 0.5) is 0 Å². The maximum atomic E-state index is 10.8. The fraction of sp³-hybridized carbons (Fsp3) is 0.900. The number of rotatable bonds is 5. The first-order valence-corrected chi connectivity index (χ1v) is 5.46. The van der Waals surface area contributed by atoms with Gasteiger partial charge < -0.3 is 4.90 Å². The molecule has 0 aliphatic carbocycles. The minimum atomic E-state index is -0.0522. The summed E-state index contributed by atoms with van der Waals surface area (Å²) in [5.74, 6) is -0.0522. The lowest BCUT2D eigenvalue weighted by atomic mass is 10.1. The third kappa shape index (κ3) is 4.58. The van der Waals surface area contributed by atoms with Crippen LogP contribution < -0.4 is 5.48 Å². The van der Waals surface area contributed by atoms with E-state index in [2.05, 4.69) is 10.4 Å². The Labute approximate surface area is 85.6 Å². The monoisotopic (exact) mass is 200 g/mol. The summed E-state index contributed by atoms with van der Waals surface area (Å²) >= 11 is 0. The second-order valence-corrected chi connectivity index (χ2v) is 3.63. The first kappa shape index (κ1) is 11.5. The number of hydrogen-bond donors (Lipinski definition) is 1. The second-order valence-electron chi connectivity index (χ2n) is 3.63. The molecule has 1 saturated heterocycles. The summed E-state index contributed by atoms with van der Waals surface area (Å²) in [6.07, 6.45) is 4.41. The van der Waals surface area contributed by atoms with Crippen LogP contribution >= 0.6 is 0 Å². The number of nitrogens with one attached hydrogen (secondary N) is 1. The van der Waals surface area contributed by atoms with Gasteiger partial charge in [0.2, 0.25) is 5.91 Å². The molecule has 0 radical (unpaired) electrons. The Morgan fingerprint density at radius 1 is 1.36 bits per heavy atom. The van der Waals surface area contributed by atoms with E-state index in [1.165, 1.54) is 32.4 Å². The van der Waals surface area contributed by atoms with Gasteiger partial charge in [0.15, 0.2) is 0 Å². The number of likely N-dealkylation sites (tertiary alicyclic amines) is 1. The second kappa shape index (κ2) is 6.79. The zero-order chi connectivity index (χ0) is 10.2. The van der Waals surface area contributed by atoms with Crippen LogP contribution in [0.25, 0.3) is 0 Å². The number of nitrogens with zero attached hydrogens (tertiary/aromatic N) is 1. The lowest BCUT2D eigenvalue weighted by Crippen LogP contribution is -2.34. The van der Waals surface area contributed by atoms with Crippen LogP contribution in [0.3, 0.4) is 0 Å². The number of piperidine rings is 1. The highest BCUT2D eigenvalue weighted by Crippen LogP contribution is 2.07. The Bertz CT molecular complexity index is 168. The van der Waals surface area contributed by atoms with Crippen LogP contribution in [0.15, 0.2) is 0 Å². The van der Waals surface area contributed by atoms with Crippen LogP contribution in [-0.4, -0.2) is 37.0 Å². The van der Waals surface area contributed by atoms with Gasteiger partial charge in [-0.05, 0) is 25.9 Å². The molecule has 1 amide bonds. The normalized spacial score (nSPS) is 18.1. The molecule has 0 atom stereocenters. The van der Waals surface area contributed by atoms with Crippen LogP contribution in [0.1, 0.15) is 32.6 Å². The van der Waals surface area contributed by atoms with E-state index in [9.17, 15) is 4.79 Å². The van der Waals surface area contributed by atoms with Gasteiger partial charge in [0.25, 0.3) is 0 Å². The van der Waals surface area contributed by atoms with Crippen molar-refractivity contribution in [2.45, 2.75) is 32.6 Å². The lowest BCUT2D eigenvalue weighted by molar-refractivity contribution is -0.133. The van der Waals surface area contributed by atoms with Crippen molar-refractivity contribution in [3.63, 3.8) is 0 Å². The van der Waals surface area contributed by atoms with E-state index in [1.54, 1.807) is 0 Å². The summed E-state index contributed by atoms with van der Waals surface area (Å²) in [6.45, 7) is 5.66. The Morgan fingerprint density at radius 2 is 2.07 bits per heavy atom. The maximum Gasteiger partial charge on any atom is 0.243 e. The molecule has 0 bridgehead atoms. The highest BCUT2D eigenvalue weighted by molar-refractivity contribution is 5.74. The van der Waals surface area contributed by atoms with Crippen LogP contribution in [0, 0.1) is 0 Å². The summed E-state index contributed by atoms with van der Waals surface area (Å²) < 4.78 is 0. The van der Waals surface area contributed by atoms with Crippen molar-refractivity contribution in [3.05, 3.63) is 0 Å². The van der Waals surface area contributed by atoms with E-state index in [0.717, 1.165) is 6.54 Å². The first-order chi connectivity index (χ1) is 6.83. The van der Waals surface area contributed by atoms with Crippen LogP contribution in [0.2, 0.25) is 0 Å². The molecule has 4 nitrogen and oxygen atoms in total. The highest BCUT2D eigenvalue weighted by Gasteiger charge is 2.09. The molecule has 1 rings (SSSR count). The van der Waals surface area contributed by atoms with Crippen LogP contribution in [0.5, 0.6) is 0 Å². The molecule has 4 heteroatoms. The minimum Gasteiger partial charge on any atom is -0.301 e. The average Bonchev–Trinajstić information content (AvgIpc) is 2.25. The topological polar surface area (TPSA) is 41.6 Å². The molecule has 0 aromatic heterocycles. The van der Waals surface area contributed by atoms with Crippen molar-refractivity contribution in [1.29, 1.82) is 0 Å². The zero-order valence-corrected chi connectivity index (χ0v) is 8.92. The fourth-order valence-electron chi connectivity index (χ4n) is 1.56. The molecule has 1 aliphatic rings. The highest BCUT2D eigenvalue weighted by atomic mass is 16.6. The summed E-state index contributed by atoms with van der Waals surface area (Å²) in [5.41, 5.74) is 2.41. The van der Waals surface area contributed by atoms with Gasteiger partial charge >= 0.3 is 0 Å². The Morgan fingerprint density at radius 3 is 2.71 bits per heavy atom. The Balaban J connectivity index is 1.94. The van der Waals surface area contributed by atoms with E-state index in [-0.39, 0.29) is 5.91 Å². The molecule has 1 N–H and O–H groups in total. The number of carbonyl (C=O) groups excluding carboxylic acids is 1. The molecule has 82 valence electrons. The zero-order valence-electron chi connectivity index (χ0n) is 8.92. The molecular weight excluding hydrogens is 180 g/mol. The van der Waals surface area contributed by atoms with Gasteiger partial charge in [0.05, 0.1) is 6.61 Å². The van der Waals surface area contributed by atoms with E-state index in [0.29, 0.717) is 13.0 Å². The van der Waals surface area contributed by atoms with Gasteiger partial charge in [-0.3, -0.25) is 9.63 Å². The predicted octanol–water partition coefficient (Wildman–Crippen LogP) is 0.930. The van der Waals surface area contributed by atoms with E-state index in [4.69, 9.17) is 4.84 Å². The minimum absolute atomic E-state index is 0.0522. The first-order valence-electron chi connectivity index (χ1n) is 5.46. The average molecular weight is 200 g/mol. The smallest absolute Gasteiger partial charge is 0.243 e. The third-order valence-electron chi connectivity index (χ3n) is 2.47. The third-order valence-corrected chi connectivity index (χ3v) is 2.47. The fourth-order valence-corrected chi connectivity index (χ4v) is 1.56. The number of carbonyl (C=O) groups is 1. The van der Waals surface area contributed by atoms with Gasteiger partial charge in [0.1, 0.15) is 0 Å². The van der Waals surface area contributed by atoms with E-state index >= 15 is 0 Å². The van der Waals surface area contributed by atoms with Crippen molar-refractivity contribution in [3.8, 4) is 0 Å². The number of amides is 1. The molecule has 14 heavy (non-hydrogen) atoms. The number of hydrogen-bond acceptors (Lipinski definition) is 3. The SMILES string of the molecule is CCC(=O)NOCCN1CCCCC1. The van der Waals surface area contributed by atoms with Crippen molar-refractivity contribution in [1.82, 2.24) is 10.4 Å². The molecule has 0 aromatic carbocycles. The van der Waals surface area contributed by atoms with Gasteiger partial charge in [-0.2, -0.15) is 0 Å². The molecule has 1 heterocycles. The summed E-state index contributed by atoms with van der Waals surface area (Å²) in [7, 11) is 0. The Hall–Kier alpha value is -0.610. The van der Waals surface area contributed by atoms with E-state index in [1.807, 2.05) is 6.92 Å². The molecule has 1 fully saturated rings. The molecular formula is C10H20N2O2. The largest absolute Gasteiger partial charge is 0.301 e. The van der Waals surface area contributed by atoms with Gasteiger partial charge in [-0.1, -0.05) is 13.3 Å². The molecule has 0 saturated carbocycles. The van der Waals surface area contributed by atoms with Crippen molar-refractivity contribution < 1.29 is 9.63 Å². The molecule has 0 spiro atoms. The number of hydroxylamine groups is 1. The summed E-state index contributed by atoms with van der Waals surface area (Å²) in [6, 6.07) is 0. The van der Waals surface area contributed by atoms with Crippen molar-refractivity contribution in [2.24, 2.45) is 0 Å². The quantitative estimate of drug-likeness (QED) is 0.530. The van der Waals surface area contributed by atoms with Crippen molar-refractivity contribution >= 4 is 5.91 Å². The van der Waals surface area contributed by atoms with Crippen LogP contribution in [-0.2, 0) is 9.63 Å². The van der Waals surface area contributed by atoms with Gasteiger partial charge in [0, 0.05) is 13.0 Å². The van der Waals surface area contributed by atoms with Crippen molar-refractivity contribution in [2.75, 3.05) is 26.2 Å². The summed E-state index contributed by atoms with van der Waals surface area (Å²) in [5, 5.41) is 0. The molecule has 0 aromatic rings.